The van der Waals surface area contributed by atoms with Crippen molar-refractivity contribution in [3.05, 3.63) is 42.0 Å². The van der Waals surface area contributed by atoms with Crippen molar-refractivity contribution in [3.8, 4) is 17.2 Å². The molecule has 1 saturated heterocycles. The monoisotopic (exact) mass is 384 g/mol. The highest BCUT2D eigenvalue weighted by Crippen LogP contribution is 2.38. The van der Waals surface area contributed by atoms with Gasteiger partial charge in [0.15, 0.2) is 11.5 Å². The number of hydrogen-bond donors (Lipinski definition) is 1. The van der Waals surface area contributed by atoms with Crippen LogP contribution in [0.2, 0.25) is 0 Å². The second-order valence-corrected chi connectivity index (χ2v) is 6.45. The maximum atomic E-state index is 12.4. The highest BCUT2D eigenvalue weighted by atomic mass is 16.5. The Morgan fingerprint density at radius 2 is 1.68 bits per heavy atom. The van der Waals surface area contributed by atoms with Crippen LogP contribution in [0.3, 0.4) is 0 Å². The van der Waals surface area contributed by atoms with Gasteiger partial charge >= 0.3 is 0 Å². The summed E-state index contributed by atoms with van der Waals surface area (Å²) in [5.41, 5.74) is 2.27. The lowest BCUT2D eigenvalue weighted by Crippen LogP contribution is -2.23. The van der Waals surface area contributed by atoms with E-state index in [0.717, 1.165) is 24.2 Å². The Kier molecular flexibility index (Phi) is 6.03. The van der Waals surface area contributed by atoms with Crippen LogP contribution < -0.4 is 24.4 Å². The Balaban J connectivity index is 1.68. The van der Waals surface area contributed by atoms with E-state index in [9.17, 15) is 9.59 Å². The largest absolute Gasteiger partial charge is 0.493 e. The molecule has 0 aromatic heterocycles. The third kappa shape index (κ3) is 4.19. The average molecular weight is 384 g/mol. The van der Waals surface area contributed by atoms with Gasteiger partial charge in [-0.05, 0) is 48.4 Å². The molecule has 0 aliphatic carbocycles. The summed E-state index contributed by atoms with van der Waals surface area (Å²) in [4.78, 5) is 26.0. The van der Waals surface area contributed by atoms with Gasteiger partial charge in [0.25, 0.3) is 0 Å². The quantitative estimate of drug-likeness (QED) is 0.794. The van der Waals surface area contributed by atoms with E-state index >= 15 is 0 Å². The molecule has 2 aromatic rings. The fourth-order valence-corrected chi connectivity index (χ4v) is 3.27. The van der Waals surface area contributed by atoms with Crippen LogP contribution in [-0.2, 0) is 16.0 Å². The number of nitrogens with zero attached hydrogens (tertiary/aromatic N) is 1. The van der Waals surface area contributed by atoms with E-state index in [2.05, 4.69) is 5.32 Å². The predicted molar refractivity (Wildman–Crippen MR) is 106 cm³/mol. The molecule has 3 rings (SSSR count). The zero-order valence-electron chi connectivity index (χ0n) is 16.3. The Bertz CT molecular complexity index is 839. The third-order valence-electron chi connectivity index (χ3n) is 4.63. The van der Waals surface area contributed by atoms with Crippen LogP contribution in [0.25, 0.3) is 0 Å². The minimum absolute atomic E-state index is 0.138. The number of rotatable bonds is 7. The molecule has 0 radical (unpaired) electrons. The molecule has 1 heterocycles. The van der Waals surface area contributed by atoms with Crippen molar-refractivity contribution in [2.45, 2.75) is 19.3 Å². The smallest absolute Gasteiger partial charge is 0.228 e. The minimum atomic E-state index is -0.167. The molecule has 7 nitrogen and oxygen atoms in total. The highest BCUT2D eigenvalue weighted by molar-refractivity contribution is 5.96. The zero-order chi connectivity index (χ0) is 20.1. The van der Waals surface area contributed by atoms with Gasteiger partial charge in [-0.1, -0.05) is 0 Å². The van der Waals surface area contributed by atoms with Crippen molar-refractivity contribution in [2.75, 3.05) is 38.1 Å². The van der Waals surface area contributed by atoms with Crippen LogP contribution in [0.1, 0.15) is 18.4 Å². The Hall–Kier alpha value is -3.22. The van der Waals surface area contributed by atoms with E-state index in [1.165, 1.54) is 21.3 Å². The van der Waals surface area contributed by atoms with Gasteiger partial charge in [-0.15, -0.1) is 0 Å². The van der Waals surface area contributed by atoms with Crippen LogP contribution in [0.4, 0.5) is 11.4 Å². The molecule has 1 aliphatic rings. The van der Waals surface area contributed by atoms with E-state index in [-0.39, 0.29) is 18.2 Å². The van der Waals surface area contributed by atoms with E-state index in [1.54, 1.807) is 29.2 Å². The first-order valence-corrected chi connectivity index (χ1v) is 9.05. The molecule has 1 aliphatic heterocycles. The molecule has 0 saturated carbocycles. The van der Waals surface area contributed by atoms with Crippen molar-refractivity contribution in [2.24, 2.45) is 0 Å². The lowest BCUT2D eigenvalue weighted by Gasteiger charge is -2.16. The molecule has 2 amide bonds. The first-order chi connectivity index (χ1) is 13.5. The van der Waals surface area contributed by atoms with Crippen LogP contribution >= 0.6 is 0 Å². The topological polar surface area (TPSA) is 77.1 Å². The number of hydrogen-bond acceptors (Lipinski definition) is 5. The van der Waals surface area contributed by atoms with Gasteiger partial charge in [-0.25, -0.2) is 0 Å². The summed E-state index contributed by atoms with van der Waals surface area (Å²) in [5.74, 6) is 1.47. The molecular formula is C21H24N2O5. The Labute approximate surface area is 164 Å². The van der Waals surface area contributed by atoms with Crippen molar-refractivity contribution >= 4 is 23.2 Å². The molecule has 0 bridgehead atoms. The van der Waals surface area contributed by atoms with E-state index < -0.39 is 0 Å². The maximum Gasteiger partial charge on any atom is 0.228 e. The van der Waals surface area contributed by atoms with Gasteiger partial charge in [0.1, 0.15) is 0 Å². The van der Waals surface area contributed by atoms with Crippen LogP contribution in [0.15, 0.2) is 36.4 Å². The SMILES string of the molecule is COc1cc(CC(=O)Nc2ccc(N3CCCC3=O)cc2)cc(OC)c1OC. The summed E-state index contributed by atoms with van der Waals surface area (Å²) in [7, 11) is 4.60. The Morgan fingerprint density at radius 1 is 1.04 bits per heavy atom. The number of methoxy groups -OCH3 is 3. The van der Waals surface area contributed by atoms with Gasteiger partial charge in [-0.3, -0.25) is 9.59 Å². The first kappa shape index (κ1) is 19.5. The average Bonchev–Trinajstić information content (AvgIpc) is 3.13. The molecule has 2 aromatic carbocycles. The highest BCUT2D eigenvalue weighted by Gasteiger charge is 2.21. The molecule has 28 heavy (non-hydrogen) atoms. The molecule has 7 heteroatoms. The van der Waals surface area contributed by atoms with Crippen LogP contribution in [0, 0.1) is 0 Å². The molecule has 148 valence electrons. The summed E-state index contributed by atoms with van der Waals surface area (Å²) in [6.07, 6.45) is 1.63. The molecule has 0 unspecified atom stereocenters. The summed E-state index contributed by atoms with van der Waals surface area (Å²) in [6.45, 7) is 0.742. The van der Waals surface area contributed by atoms with Crippen molar-refractivity contribution < 1.29 is 23.8 Å². The standard InChI is InChI=1S/C21H24N2O5/c1-26-17-11-14(12-18(27-2)21(17)28-3)13-19(24)22-15-6-8-16(9-7-15)23-10-4-5-20(23)25/h6-9,11-12H,4-5,10,13H2,1-3H3,(H,22,24). The van der Waals surface area contributed by atoms with Gasteiger partial charge in [-0.2, -0.15) is 0 Å². The van der Waals surface area contributed by atoms with Crippen LogP contribution in [-0.4, -0.2) is 39.7 Å². The Morgan fingerprint density at radius 3 is 2.18 bits per heavy atom. The summed E-state index contributed by atoms with van der Waals surface area (Å²) >= 11 is 0. The second-order valence-electron chi connectivity index (χ2n) is 6.45. The molecule has 0 atom stereocenters. The molecule has 0 spiro atoms. The normalized spacial score (nSPS) is 13.4. The number of carbonyl (C=O) groups excluding carboxylic acids is 2. The number of ether oxygens (including phenoxy) is 3. The second kappa shape index (κ2) is 8.65. The fourth-order valence-electron chi connectivity index (χ4n) is 3.27. The number of amides is 2. The number of carbonyl (C=O) groups is 2. The van der Waals surface area contributed by atoms with E-state index in [1.807, 2.05) is 12.1 Å². The molecular weight excluding hydrogens is 360 g/mol. The molecule has 1 N–H and O–H groups in total. The first-order valence-electron chi connectivity index (χ1n) is 9.05. The van der Waals surface area contributed by atoms with E-state index in [0.29, 0.717) is 29.4 Å². The lowest BCUT2D eigenvalue weighted by atomic mass is 10.1. The zero-order valence-corrected chi connectivity index (χ0v) is 16.3. The number of anilines is 2. The molecule has 1 fully saturated rings. The van der Waals surface area contributed by atoms with Crippen LogP contribution in [0.5, 0.6) is 17.2 Å². The van der Waals surface area contributed by atoms with Gasteiger partial charge < -0.3 is 24.4 Å². The van der Waals surface area contributed by atoms with Gasteiger partial charge in [0.2, 0.25) is 17.6 Å². The maximum absolute atomic E-state index is 12.4. The summed E-state index contributed by atoms with van der Waals surface area (Å²) < 4.78 is 15.9. The predicted octanol–water partition coefficient (Wildman–Crippen LogP) is 3.02. The van der Waals surface area contributed by atoms with Crippen molar-refractivity contribution in [3.63, 3.8) is 0 Å². The lowest BCUT2D eigenvalue weighted by molar-refractivity contribution is -0.117. The summed E-state index contributed by atoms with van der Waals surface area (Å²) in [5, 5.41) is 2.87. The minimum Gasteiger partial charge on any atom is -0.493 e. The number of nitrogens with one attached hydrogen (secondary N) is 1. The number of benzene rings is 2. The van der Waals surface area contributed by atoms with Gasteiger partial charge in [0, 0.05) is 24.3 Å². The van der Waals surface area contributed by atoms with Gasteiger partial charge in [0.05, 0.1) is 27.8 Å². The van der Waals surface area contributed by atoms with Crippen molar-refractivity contribution in [1.29, 1.82) is 0 Å². The van der Waals surface area contributed by atoms with E-state index in [4.69, 9.17) is 14.2 Å². The van der Waals surface area contributed by atoms with Crippen molar-refractivity contribution in [1.82, 2.24) is 0 Å². The summed E-state index contributed by atoms with van der Waals surface area (Å²) in [6, 6.07) is 10.8. The third-order valence-corrected chi connectivity index (χ3v) is 4.63. The fraction of sp³-hybridized carbons (Fsp3) is 0.333.